The van der Waals surface area contributed by atoms with Gasteiger partial charge in [-0.25, -0.2) is 0 Å². The molecular weight excluding hydrogens is 484 g/mol. The number of benzene rings is 2. The second-order valence-electron chi connectivity index (χ2n) is 10.1. The zero-order chi connectivity index (χ0) is 26.3. The van der Waals surface area contributed by atoms with Crippen molar-refractivity contribution < 1.29 is 19.0 Å². The Hall–Kier alpha value is -3.71. The van der Waals surface area contributed by atoms with Gasteiger partial charge in [-0.15, -0.1) is 11.3 Å². The molecule has 0 atom stereocenters. The third-order valence-corrected chi connectivity index (χ3v) is 7.84. The van der Waals surface area contributed by atoms with Crippen molar-refractivity contribution >= 4 is 17.2 Å². The van der Waals surface area contributed by atoms with Crippen LogP contribution in [0.5, 0.6) is 23.0 Å². The number of rotatable bonds is 6. The van der Waals surface area contributed by atoms with E-state index < -0.39 is 0 Å². The van der Waals surface area contributed by atoms with Crippen molar-refractivity contribution in [2.24, 2.45) is 0 Å². The Bertz CT molecular complexity index is 1450. The molecule has 0 unspecified atom stereocenters. The van der Waals surface area contributed by atoms with Gasteiger partial charge in [0.2, 0.25) is 0 Å². The Morgan fingerprint density at radius 3 is 2.41 bits per heavy atom. The van der Waals surface area contributed by atoms with E-state index in [0.717, 1.165) is 33.9 Å². The van der Waals surface area contributed by atoms with Crippen LogP contribution in [0.4, 0.5) is 0 Å². The molecule has 192 valence electrons. The summed E-state index contributed by atoms with van der Waals surface area (Å²) in [5, 5.41) is 2.07. The maximum absolute atomic E-state index is 13.7. The summed E-state index contributed by atoms with van der Waals surface area (Å²) < 4.78 is 19.6. The lowest BCUT2D eigenvalue weighted by Crippen LogP contribution is -2.43. The van der Waals surface area contributed by atoms with E-state index in [9.17, 15) is 4.79 Å². The predicted molar refractivity (Wildman–Crippen MR) is 148 cm³/mol. The van der Waals surface area contributed by atoms with E-state index in [-0.39, 0.29) is 11.4 Å². The Morgan fingerprint density at radius 2 is 1.73 bits per heavy atom. The lowest BCUT2D eigenvalue weighted by atomic mass is 9.95. The van der Waals surface area contributed by atoms with Crippen molar-refractivity contribution in [2.45, 2.75) is 39.3 Å². The van der Waals surface area contributed by atoms with Crippen LogP contribution in [0.2, 0.25) is 0 Å². The molecule has 0 saturated heterocycles. The first kappa shape index (κ1) is 25.0. The summed E-state index contributed by atoms with van der Waals surface area (Å²) >= 11 is 1.67. The molecule has 0 radical (unpaired) electrons. The Kier molecular flexibility index (Phi) is 6.50. The van der Waals surface area contributed by atoms with Crippen molar-refractivity contribution in [3.63, 3.8) is 0 Å². The number of carbonyl (C=O) groups excluding carboxylic acids is 1. The van der Waals surface area contributed by atoms with Gasteiger partial charge >= 0.3 is 0 Å². The third-order valence-electron chi connectivity index (χ3n) is 6.93. The van der Waals surface area contributed by atoms with Gasteiger partial charge < -0.3 is 23.7 Å². The van der Waals surface area contributed by atoms with Gasteiger partial charge in [-0.1, -0.05) is 12.1 Å². The zero-order valence-corrected chi connectivity index (χ0v) is 22.9. The van der Waals surface area contributed by atoms with Crippen LogP contribution in [0.15, 0.2) is 60.0 Å². The van der Waals surface area contributed by atoms with Gasteiger partial charge in [-0.05, 0) is 74.5 Å². The normalized spacial score (nSPS) is 12.5. The lowest BCUT2D eigenvalue weighted by Gasteiger charge is -2.32. The second kappa shape index (κ2) is 9.63. The molecule has 2 aromatic carbocycles. The van der Waals surface area contributed by atoms with E-state index >= 15 is 0 Å². The molecule has 1 amide bonds. The number of thiophene rings is 1. The molecule has 2 aromatic heterocycles. The minimum atomic E-state index is -0.289. The number of aromatic nitrogens is 1. The second-order valence-corrected chi connectivity index (χ2v) is 11.1. The van der Waals surface area contributed by atoms with Crippen molar-refractivity contribution in [1.82, 2.24) is 9.47 Å². The van der Waals surface area contributed by atoms with Gasteiger partial charge in [0.1, 0.15) is 17.2 Å². The number of nitrogens with zero attached hydrogens (tertiary/aromatic N) is 2. The molecule has 0 fully saturated rings. The first-order valence-electron chi connectivity index (χ1n) is 12.3. The number of carbonyl (C=O) groups is 1. The van der Waals surface area contributed by atoms with Crippen molar-refractivity contribution in [1.29, 1.82) is 0 Å². The monoisotopic (exact) mass is 516 g/mol. The molecule has 0 saturated carbocycles. The minimum absolute atomic E-state index is 0.0152. The molecule has 0 spiro atoms. The van der Waals surface area contributed by atoms with Gasteiger partial charge in [0.05, 0.1) is 19.9 Å². The van der Waals surface area contributed by atoms with E-state index in [1.165, 1.54) is 5.56 Å². The van der Waals surface area contributed by atoms with Crippen LogP contribution in [-0.4, -0.2) is 42.2 Å². The van der Waals surface area contributed by atoms with Crippen LogP contribution in [0.25, 0.3) is 21.7 Å². The van der Waals surface area contributed by atoms with E-state index in [1.54, 1.807) is 25.6 Å². The lowest BCUT2D eigenvalue weighted by molar-refractivity contribution is 0.0644. The van der Waals surface area contributed by atoms with Crippen LogP contribution in [0.3, 0.4) is 0 Å². The summed E-state index contributed by atoms with van der Waals surface area (Å²) in [4.78, 5) is 16.6. The van der Waals surface area contributed by atoms with Crippen LogP contribution >= 0.6 is 11.3 Å². The fraction of sp³-hybridized carbons (Fsp3) is 0.300. The summed E-state index contributed by atoms with van der Waals surface area (Å²) in [5.41, 5.74) is 4.72. The van der Waals surface area contributed by atoms with Crippen LogP contribution in [0, 0.1) is 0 Å². The quantitative estimate of drug-likeness (QED) is 0.274. The van der Waals surface area contributed by atoms with Gasteiger partial charge in [0.15, 0.2) is 11.5 Å². The largest absolute Gasteiger partial charge is 0.497 e. The van der Waals surface area contributed by atoms with Crippen molar-refractivity contribution in [3.05, 3.63) is 71.2 Å². The average molecular weight is 517 g/mol. The first-order valence-corrected chi connectivity index (χ1v) is 13.2. The molecule has 5 rings (SSSR count). The maximum atomic E-state index is 13.7. The Balaban J connectivity index is 1.67. The number of ether oxygens (including phenoxy) is 3. The Labute approximate surface area is 222 Å². The molecule has 3 heterocycles. The van der Waals surface area contributed by atoms with E-state index in [4.69, 9.17) is 14.2 Å². The number of hydrogen-bond donors (Lipinski definition) is 0. The first-order chi connectivity index (χ1) is 17.7. The molecule has 1 aliphatic heterocycles. The molecule has 0 aliphatic carbocycles. The number of methoxy groups -OCH3 is 2. The van der Waals surface area contributed by atoms with Gasteiger partial charge in [0, 0.05) is 41.2 Å². The van der Waals surface area contributed by atoms with Crippen LogP contribution in [-0.2, 0) is 13.0 Å². The third kappa shape index (κ3) is 4.60. The fourth-order valence-corrected chi connectivity index (χ4v) is 5.38. The number of aryl methyl sites for hydroxylation is 1. The average Bonchev–Trinajstić information content (AvgIpc) is 3.55. The highest BCUT2D eigenvalue weighted by Gasteiger charge is 2.32. The summed E-state index contributed by atoms with van der Waals surface area (Å²) in [6, 6.07) is 17.8. The molecule has 7 heteroatoms. The molecule has 0 N–H and O–H groups in total. The summed E-state index contributed by atoms with van der Waals surface area (Å²) in [7, 11) is 5.16. The van der Waals surface area contributed by atoms with Crippen LogP contribution in [0.1, 0.15) is 36.8 Å². The predicted octanol–water partition coefficient (Wildman–Crippen LogP) is 7.12. The number of amides is 1. The smallest absolute Gasteiger partial charge is 0.270 e. The minimum Gasteiger partial charge on any atom is -0.497 e. The fourth-order valence-electron chi connectivity index (χ4n) is 4.64. The highest BCUT2D eigenvalue weighted by atomic mass is 32.1. The SMILES string of the molecule is COc1cccc(Oc2cc3c(cc2OC)CCn2c(C(=O)N(C)C(C)(C)C)cc(-c4cccs4)c2-3)c1. The summed E-state index contributed by atoms with van der Waals surface area (Å²) in [6.07, 6.45) is 0.788. The van der Waals surface area contributed by atoms with E-state index in [0.29, 0.717) is 29.5 Å². The molecular formula is C30H32N2O4S. The molecule has 4 aromatic rings. The summed E-state index contributed by atoms with van der Waals surface area (Å²) in [6.45, 7) is 6.87. The topological polar surface area (TPSA) is 52.9 Å². The summed E-state index contributed by atoms with van der Waals surface area (Å²) in [5.74, 6) is 2.67. The number of fused-ring (bicyclic) bond motifs is 3. The van der Waals surface area contributed by atoms with E-state index in [1.807, 2.05) is 54.4 Å². The molecule has 37 heavy (non-hydrogen) atoms. The molecule has 1 aliphatic rings. The highest BCUT2D eigenvalue weighted by molar-refractivity contribution is 7.13. The highest BCUT2D eigenvalue weighted by Crippen LogP contribution is 2.46. The van der Waals surface area contributed by atoms with Crippen molar-refractivity contribution in [3.8, 4) is 44.7 Å². The standard InChI is InChI=1S/C30H32N2O4S/c1-30(2,3)31(4)29(33)24-17-23(27-11-8-14-37-27)28-22-18-26(36-21-10-7-9-20(16-21)34-5)25(35-6)15-19(22)12-13-32(24)28/h7-11,14-18H,12-13H2,1-6H3. The van der Waals surface area contributed by atoms with Crippen LogP contribution < -0.4 is 14.2 Å². The van der Waals surface area contributed by atoms with Crippen molar-refractivity contribution in [2.75, 3.05) is 21.3 Å². The van der Waals surface area contributed by atoms with E-state index in [2.05, 4.69) is 42.9 Å². The van der Waals surface area contributed by atoms with Gasteiger partial charge in [-0.3, -0.25) is 4.79 Å². The van der Waals surface area contributed by atoms with Gasteiger partial charge in [0.25, 0.3) is 5.91 Å². The Morgan fingerprint density at radius 1 is 0.946 bits per heavy atom. The zero-order valence-electron chi connectivity index (χ0n) is 22.1. The number of hydrogen-bond acceptors (Lipinski definition) is 5. The maximum Gasteiger partial charge on any atom is 0.270 e. The molecule has 6 nitrogen and oxygen atoms in total. The molecule has 0 bridgehead atoms. The van der Waals surface area contributed by atoms with Gasteiger partial charge in [-0.2, -0.15) is 0 Å².